The van der Waals surface area contributed by atoms with Crippen LogP contribution in [0.5, 0.6) is 0 Å². The van der Waals surface area contributed by atoms with E-state index in [1.165, 1.54) is 0 Å². The van der Waals surface area contributed by atoms with E-state index in [0.29, 0.717) is 6.42 Å². The van der Waals surface area contributed by atoms with E-state index in [1.54, 1.807) is 6.26 Å². The maximum atomic E-state index is 12.9. The minimum Gasteiger partial charge on any atom is -0.464 e. The van der Waals surface area contributed by atoms with Crippen molar-refractivity contribution in [3.05, 3.63) is 35.6 Å². The van der Waals surface area contributed by atoms with Crippen molar-refractivity contribution in [2.75, 3.05) is 11.5 Å². The van der Waals surface area contributed by atoms with Gasteiger partial charge in [0.15, 0.2) is 9.84 Å². The Hall–Kier alpha value is -1.82. The van der Waals surface area contributed by atoms with E-state index in [9.17, 15) is 13.2 Å². The molecule has 2 fully saturated rings. The lowest BCUT2D eigenvalue weighted by atomic mass is 10.1. The largest absolute Gasteiger partial charge is 0.464 e. The maximum absolute atomic E-state index is 12.9. The van der Waals surface area contributed by atoms with Gasteiger partial charge < -0.3 is 9.32 Å². The molecule has 2 aliphatic rings. The van der Waals surface area contributed by atoms with Crippen LogP contribution in [0.15, 0.2) is 28.9 Å². The van der Waals surface area contributed by atoms with Crippen LogP contribution in [0.4, 0.5) is 0 Å². The highest BCUT2D eigenvalue weighted by atomic mass is 32.2. The SMILES string of the molecule is Cc1ccc2c(CC(=O)N(C3CC3)C3CCS(=O)(=O)C3)coc2c1. The molecular formula is C18H21NO4S. The first kappa shape index (κ1) is 15.7. The van der Waals surface area contributed by atoms with Crippen molar-refractivity contribution in [2.24, 2.45) is 0 Å². The van der Waals surface area contributed by atoms with Gasteiger partial charge in [0, 0.05) is 23.0 Å². The van der Waals surface area contributed by atoms with Crippen LogP contribution in [0.1, 0.15) is 30.4 Å². The lowest BCUT2D eigenvalue weighted by Crippen LogP contribution is -2.43. The molecular weight excluding hydrogens is 326 g/mol. The number of aryl methyl sites for hydroxylation is 1. The summed E-state index contributed by atoms with van der Waals surface area (Å²) >= 11 is 0. The first-order valence-corrected chi connectivity index (χ1v) is 10.2. The zero-order valence-electron chi connectivity index (χ0n) is 13.7. The molecule has 128 valence electrons. The number of fused-ring (bicyclic) bond motifs is 1. The number of rotatable bonds is 4. The molecule has 0 bridgehead atoms. The molecule has 6 heteroatoms. The van der Waals surface area contributed by atoms with Gasteiger partial charge in [0.2, 0.25) is 5.91 Å². The first-order valence-electron chi connectivity index (χ1n) is 8.41. The fraction of sp³-hybridized carbons (Fsp3) is 0.500. The monoisotopic (exact) mass is 347 g/mol. The van der Waals surface area contributed by atoms with Crippen LogP contribution in [-0.2, 0) is 21.1 Å². The van der Waals surface area contributed by atoms with Gasteiger partial charge in [-0.15, -0.1) is 0 Å². The van der Waals surface area contributed by atoms with Gasteiger partial charge in [-0.1, -0.05) is 12.1 Å². The fourth-order valence-corrected chi connectivity index (χ4v) is 5.35. The number of amides is 1. The first-order chi connectivity index (χ1) is 11.4. The van der Waals surface area contributed by atoms with Crippen molar-refractivity contribution < 1.29 is 17.6 Å². The molecule has 1 aromatic heterocycles. The molecule has 1 atom stereocenters. The van der Waals surface area contributed by atoms with E-state index in [0.717, 1.165) is 34.9 Å². The molecule has 0 N–H and O–H groups in total. The molecule has 1 saturated carbocycles. The average molecular weight is 347 g/mol. The van der Waals surface area contributed by atoms with Crippen molar-refractivity contribution in [3.63, 3.8) is 0 Å². The highest BCUT2D eigenvalue weighted by Crippen LogP contribution is 2.33. The second-order valence-corrected chi connectivity index (χ2v) is 9.26. The predicted molar refractivity (Wildman–Crippen MR) is 91.6 cm³/mol. The smallest absolute Gasteiger partial charge is 0.227 e. The van der Waals surface area contributed by atoms with Gasteiger partial charge >= 0.3 is 0 Å². The average Bonchev–Trinajstić information content (AvgIpc) is 3.17. The highest BCUT2D eigenvalue weighted by molar-refractivity contribution is 7.91. The zero-order chi connectivity index (χ0) is 16.9. The van der Waals surface area contributed by atoms with Crippen molar-refractivity contribution in [2.45, 2.75) is 44.7 Å². The van der Waals surface area contributed by atoms with Crippen LogP contribution in [0, 0.1) is 6.92 Å². The maximum Gasteiger partial charge on any atom is 0.227 e. The third kappa shape index (κ3) is 2.95. The minimum absolute atomic E-state index is 0.0166. The molecule has 24 heavy (non-hydrogen) atoms. The number of hydrogen-bond acceptors (Lipinski definition) is 4. The molecule has 1 saturated heterocycles. The van der Waals surface area contributed by atoms with E-state index >= 15 is 0 Å². The molecule has 5 nitrogen and oxygen atoms in total. The van der Waals surface area contributed by atoms with E-state index in [4.69, 9.17) is 4.42 Å². The standard InChI is InChI=1S/C18H21NO4S/c1-12-2-5-16-13(10-23-17(16)8-12)9-18(20)19(14-3-4-14)15-6-7-24(21,22)11-15/h2,5,8,10,14-15H,3-4,6-7,9,11H2,1H3. The Balaban J connectivity index is 1.57. The lowest BCUT2D eigenvalue weighted by molar-refractivity contribution is -0.133. The molecule has 1 aliphatic heterocycles. The summed E-state index contributed by atoms with van der Waals surface area (Å²) in [4.78, 5) is 14.7. The Morgan fingerprint density at radius 2 is 2.04 bits per heavy atom. The molecule has 0 radical (unpaired) electrons. The third-order valence-electron chi connectivity index (χ3n) is 4.98. The molecule has 1 amide bonds. The molecule has 1 aromatic carbocycles. The summed E-state index contributed by atoms with van der Waals surface area (Å²) in [7, 11) is -2.99. The number of carbonyl (C=O) groups excluding carboxylic acids is 1. The topological polar surface area (TPSA) is 67.6 Å². The summed E-state index contributed by atoms with van der Waals surface area (Å²) < 4.78 is 29.1. The molecule has 0 spiro atoms. The van der Waals surface area contributed by atoms with Gasteiger partial charge in [-0.3, -0.25) is 4.79 Å². The normalized spacial score (nSPS) is 22.8. The van der Waals surface area contributed by atoms with Crippen LogP contribution in [0.3, 0.4) is 0 Å². The Morgan fingerprint density at radius 1 is 1.25 bits per heavy atom. The Labute approximate surface area is 141 Å². The van der Waals surface area contributed by atoms with E-state index in [2.05, 4.69) is 0 Å². The highest BCUT2D eigenvalue weighted by Gasteiger charge is 2.42. The fourth-order valence-electron chi connectivity index (χ4n) is 3.63. The summed E-state index contributed by atoms with van der Waals surface area (Å²) in [5.41, 5.74) is 2.78. The summed E-state index contributed by atoms with van der Waals surface area (Å²) in [6, 6.07) is 6.02. The minimum atomic E-state index is -2.99. The summed E-state index contributed by atoms with van der Waals surface area (Å²) in [6.45, 7) is 2.00. The van der Waals surface area contributed by atoms with Crippen LogP contribution < -0.4 is 0 Å². The number of benzene rings is 1. The van der Waals surface area contributed by atoms with Crippen LogP contribution >= 0.6 is 0 Å². The van der Waals surface area contributed by atoms with Gasteiger partial charge in [-0.05, 0) is 37.8 Å². The van der Waals surface area contributed by atoms with E-state index < -0.39 is 9.84 Å². The number of nitrogens with zero attached hydrogens (tertiary/aromatic N) is 1. The molecule has 1 aliphatic carbocycles. The molecule has 4 rings (SSSR count). The number of sulfone groups is 1. The quantitative estimate of drug-likeness (QED) is 0.852. The summed E-state index contributed by atoms with van der Waals surface area (Å²) in [6.07, 6.45) is 4.44. The van der Waals surface area contributed by atoms with Crippen LogP contribution in [0.2, 0.25) is 0 Å². The second-order valence-electron chi connectivity index (χ2n) is 7.03. The Morgan fingerprint density at radius 3 is 2.71 bits per heavy atom. The van der Waals surface area contributed by atoms with Crippen LogP contribution in [-0.4, -0.2) is 42.8 Å². The number of furan rings is 1. The number of carbonyl (C=O) groups is 1. The van der Waals surface area contributed by atoms with Gasteiger partial charge in [-0.25, -0.2) is 8.42 Å². The van der Waals surface area contributed by atoms with Gasteiger partial charge in [0.25, 0.3) is 0 Å². The van der Waals surface area contributed by atoms with Crippen molar-refractivity contribution in [1.29, 1.82) is 0 Å². The summed E-state index contributed by atoms with van der Waals surface area (Å²) in [5, 5.41) is 0.962. The third-order valence-corrected chi connectivity index (χ3v) is 6.73. The van der Waals surface area contributed by atoms with Crippen LogP contribution in [0.25, 0.3) is 11.0 Å². The Kier molecular flexibility index (Phi) is 3.67. The van der Waals surface area contributed by atoms with Gasteiger partial charge in [0.1, 0.15) is 5.58 Å². The molecule has 1 unspecified atom stereocenters. The lowest BCUT2D eigenvalue weighted by Gasteiger charge is -2.28. The predicted octanol–water partition coefficient (Wildman–Crippen LogP) is 2.46. The van der Waals surface area contributed by atoms with Crippen molar-refractivity contribution in [1.82, 2.24) is 4.90 Å². The van der Waals surface area contributed by atoms with Crippen molar-refractivity contribution in [3.8, 4) is 0 Å². The molecule has 2 aromatic rings. The van der Waals surface area contributed by atoms with E-state index in [1.807, 2.05) is 30.0 Å². The summed E-state index contributed by atoms with van der Waals surface area (Å²) in [5.74, 6) is 0.325. The zero-order valence-corrected chi connectivity index (χ0v) is 14.5. The van der Waals surface area contributed by atoms with Gasteiger partial charge in [0.05, 0.1) is 24.2 Å². The van der Waals surface area contributed by atoms with E-state index in [-0.39, 0.29) is 35.9 Å². The number of hydrogen-bond donors (Lipinski definition) is 0. The van der Waals surface area contributed by atoms with Gasteiger partial charge in [-0.2, -0.15) is 0 Å². The molecule has 2 heterocycles. The Bertz CT molecular complexity index is 895. The van der Waals surface area contributed by atoms with Crippen molar-refractivity contribution >= 4 is 26.7 Å². The second kappa shape index (κ2) is 5.62.